The maximum Gasteiger partial charge on any atom is 0.295 e. The SMILES string of the molecule is CCCCOc1ccc(C2/C(=C(/O)c3ccc4ccccc4c3)C(=O)C(=O)N2CCOC)cc1. The van der Waals surface area contributed by atoms with Gasteiger partial charge in [0.15, 0.2) is 0 Å². The van der Waals surface area contributed by atoms with Crippen molar-refractivity contribution in [3.63, 3.8) is 0 Å². The molecule has 0 aliphatic carbocycles. The molecule has 176 valence electrons. The molecule has 1 N–H and O–H groups in total. The Hall–Kier alpha value is -3.64. The Balaban J connectivity index is 1.76. The molecule has 0 aromatic heterocycles. The van der Waals surface area contributed by atoms with E-state index in [9.17, 15) is 14.7 Å². The summed E-state index contributed by atoms with van der Waals surface area (Å²) in [6.07, 6.45) is 2.01. The van der Waals surface area contributed by atoms with Gasteiger partial charge in [0, 0.05) is 19.2 Å². The summed E-state index contributed by atoms with van der Waals surface area (Å²) in [7, 11) is 1.54. The highest BCUT2D eigenvalue weighted by Crippen LogP contribution is 2.40. The number of ketones is 1. The van der Waals surface area contributed by atoms with Crippen LogP contribution in [0.4, 0.5) is 0 Å². The Labute approximate surface area is 199 Å². The van der Waals surface area contributed by atoms with Crippen LogP contribution in [0.1, 0.15) is 36.9 Å². The van der Waals surface area contributed by atoms with Gasteiger partial charge in [0.1, 0.15) is 11.5 Å². The highest BCUT2D eigenvalue weighted by atomic mass is 16.5. The van der Waals surface area contributed by atoms with Gasteiger partial charge < -0.3 is 19.5 Å². The number of nitrogens with zero attached hydrogens (tertiary/aromatic N) is 1. The number of amides is 1. The second-order valence-electron chi connectivity index (χ2n) is 8.32. The Kier molecular flexibility index (Phi) is 7.28. The fraction of sp³-hybridized carbons (Fsp3) is 0.286. The van der Waals surface area contributed by atoms with Gasteiger partial charge in [0.05, 0.1) is 24.8 Å². The van der Waals surface area contributed by atoms with Crippen LogP contribution in [0.2, 0.25) is 0 Å². The van der Waals surface area contributed by atoms with E-state index in [1.54, 1.807) is 13.2 Å². The summed E-state index contributed by atoms with van der Waals surface area (Å²) in [5.41, 5.74) is 1.30. The van der Waals surface area contributed by atoms with E-state index in [2.05, 4.69) is 6.92 Å². The van der Waals surface area contributed by atoms with Crippen LogP contribution in [0.5, 0.6) is 5.75 Å². The molecule has 1 atom stereocenters. The first-order chi connectivity index (χ1) is 16.5. The number of aliphatic hydroxyl groups excluding tert-OH is 1. The zero-order valence-electron chi connectivity index (χ0n) is 19.5. The number of Topliss-reactive ketones (excluding diaryl/α,β-unsaturated/α-hetero) is 1. The summed E-state index contributed by atoms with van der Waals surface area (Å²) in [6.45, 7) is 3.24. The van der Waals surface area contributed by atoms with Crippen molar-refractivity contribution in [3.05, 3.63) is 83.4 Å². The molecule has 0 bridgehead atoms. The van der Waals surface area contributed by atoms with Crippen molar-refractivity contribution in [1.29, 1.82) is 0 Å². The first-order valence-electron chi connectivity index (χ1n) is 11.5. The summed E-state index contributed by atoms with van der Waals surface area (Å²) in [5.74, 6) is -0.805. The number of likely N-dealkylation sites (tertiary alicyclic amines) is 1. The quantitative estimate of drug-likeness (QED) is 0.209. The standard InChI is InChI=1S/C28H29NO5/c1-3-4-16-34-23-13-11-20(12-14-23)25-24(27(31)28(32)29(25)15-17-33-2)26(30)22-10-9-19-7-5-6-8-21(19)18-22/h5-14,18,25,30H,3-4,15-17H2,1-2H3/b26-24-. The molecule has 1 aliphatic heterocycles. The van der Waals surface area contributed by atoms with Gasteiger partial charge in [-0.25, -0.2) is 0 Å². The number of fused-ring (bicyclic) bond motifs is 1. The number of benzene rings is 3. The fourth-order valence-corrected chi connectivity index (χ4v) is 4.22. The maximum atomic E-state index is 13.1. The van der Waals surface area contributed by atoms with Gasteiger partial charge in [-0.15, -0.1) is 0 Å². The summed E-state index contributed by atoms with van der Waals surface area (Å²) >= 11 is 0. The molecule has 0 saturated carbocycles. The van der Waals surface area contributed by atoms with Crippen LogP contribution in [0.3, 0.4) is 0 Å². The van der Waals surface area contributed by atoms with E-state index in [-0.39, 0.29) is 24.5 Å². The Morgan fingerprint density at radius 1 is 0.971 bits per heavy atom. The molecule has 3 aromatic carbocycles. The number of aliphatic hydroxyl groups is 1. The van der Waals surface area contributed by atoms with Gasteiger partial charge in [0.25, 0.3) is 11.7 Å². The van der Waals surface area contributed by atoms with E-state index >= 15 is 0 Å². The Bertz CT molecular complexity index is 1210. The second kappa shape index (κ2) is 10.5. The van der Waals surface area contributed by atoms with E-state index in [0.717, 1.165) is 34.9 Å². The lowest BCUT2D eigenvalue weighted by atomic mass is 9.94. The van der Waals surface area contributed by atoms with Gasteiger partial charge in [-0.2, -0.15) is 0 Å². The zero-order chi connectivity index (χ0) is 24.1. The van der Waals surface area contributed by atoms with Crippen LogP contribution in [-0.2, 0) is 14.3 Å². The van der Waals surface area contributed by atoms with E-state index in [0.29, 0.717) is 12.2 Å². The van der Waals surface area contributed by atoms with Gasteiger partial charge in [-0.05, 0) is 41.0 Å². The molecule has 6 heteroatoms. The first kappa shape index (κ1) is 23.5. The number of unbranched alkanes of at least 4 members (excludes halogenated alkanes) is 1. The summed E-state index contributed by atoms with van der Waals surface area (Å²) in [6, 6.07) is 19.9. The predicted octanol–water partition coefficient (Wildman–Crippen LogP) is 5.09. The monoisotopic (exact) mass is 459 g/mol. The second-order valence-corrected chi connectivity index (χ2v) is 8.32. The van der Waals surface area contributed by atoms with E-state index in [4.69, 9.17) is 9.47 Å². The largest absolute Gasteiger partial charge is 0.507 e. The highest BCUT2D eigenvalue weighted by molar-refractivity contribution is 6.46. The number of carbonyl (C=O) groups is 2. The molecule has 1 amide bonds. The number of carbonyl (C=O) groups excluding carboxylic acids is 2. The number of ether oxygens (including phenoxy) is 2. The molecule has 1 unspecified atom stereocenters. The normalized spacial score (nSPS) is 17.5. The van der Waals surface area contributed by atoms with Crippen molar-refractivity contribution in [3.8, 4) is 5.75 Å². The van der Waals surface area contributed by atoms with E-state index in [1.807, 2.05) is 60.7 Å². The molecule has 1 fully saturated rings. The van der Waals surface area contributed by atoms with Crippen LogP contribution < -0.4 is 4.74 Å². The number of rotatable bonds is 9. The van der Waals surface area contributed by atoms with Crippen molar-refractivity contribution in [2.24, 2.45) is 0 Å². The third-order valence-electron chi connectivity index (χ3n) is 6.06. The lowest BCUT2D eigenvalue weighted by molar-refractivity contribution is -0.140. The third-order valence-corrected chi connectivity index (χ3v) is 6.06. The third kappa shape index (κ3) is 4.68. The lowest BCUT2D eigenvalue weighted by Crippen LogP contribution is -2.32. The molecule has 34 heavy (non-hydrogen) atoms. The van der Waals surface area contributed by atoms with Crippen LogP contribution >= 0.6 is 0 Å². The topological polar surface area (TPSA) is 76.1 Å². The lowest BCUT2D eigenvalue weighted by Gasteiger charge is -2.25. The zero-order valence-corrected chi connectivity index (χ0v) is 19.5. The molecule has 3 aromatic rings. The van der Waals surface area contributed by atoms with Crippen LogP contribution in [0, 0.1) is 0 Å². The first-order valence-corrected chi connectivity index (χ1v) is 11.5. The summed E-state index contributed by atoms with van der Waals surface area (Å²) in [4.78, 5) is 27.5. The van der Waals surface area contributed by atoms with E-state index in [1.165, 1.54) is 4.90 Å². The maximum absolute atomic E-state index is 13.1. The Morgan fingerprint density at radius 3 is 2.41 bits per heavy atom. The van der Waals surface area contributed by atoms with Crippen LogP contribution in [0.25, 0.3) is 16.5 Å². The van der Waals surface area contributed by atoms with E-state index < -0.39 is 17.7 Å². The minimum atomic E-state index is -0.716. The molecule has 1 heterocycles. The Morgan fingerprint density at radius 2 is 1.71 bits per heavy atom. The molecule has 6 nitrogen and oxygen atoms in total. The van der Waals surface area contributed by atoms with Crippen LogP contribution in [0.15, 0.2) is 72.3 Å². The van der Waals surface area contributed by atoms with Gasteiger partial charge >= 0.3 is 0 Å². The molecule has 1 saturated heterocycles. The number of hydrogen-bond acceptors (Lipinski definition) is 5. The number of methoxy groups -OCH3 is 1. The van der Waals surface area contributed by atoms with Crippen molar-refractivity contribution in [1.82, 2.24) is 4.90 Å². The minimum Gasteiger partial charge on any atom is -0.507 e. The fourth-order valence-electron chi connectivity index (χ4n) is 4.22. The summed E-state index contributed by atoms with van der Waals surface area (Å²) < 4.78 is 10.9. The predicted molar refractivity (Wildman–Crippen MR) is 132 cm³/mol. The minimum absolute atomic E-state index is 0.0797. The van der Waals surface area contributed by atoms with Gasteiger partial charge in [-0.3, -0.25) is 9.59 Å². The smallest absolute Gasteiger partial charge is 0.295 e. The van der Waals surface area contributed by atoms with Gasteiger partial charge in [-0.1, -0.05) is 61.9 Å². The molecular formula is C28H29NO5. The van der Waals surface area contributed by atoms with Crippen molar-refractivity contribution in [2.45, 2.75) is 25.8 Å². The highest BCUT2D eigenvalue weighted by Gasteiger charge is 2.45. The molecule has 0 radical (unpaired) electrons. The average molecular weight is 460 g/mol. The number of hydrogen-bond donors (Lipinski definition) is 1. The molecule has 0 spiro atoms. The molecular weight excluding hydrogens is 430 g/mol. The van der Waals surface area contributed by atoms with Crippen molar-refractivity contribution >= 4 is 28.2 Å². The van der Waals surface area contributed by atoms with Gasteiger partial charge in [0.2, 0.25) is 0 Å². The summed E-state index contributed by atoms with van der Waals surface area (Å²) in [5, 5.41) is 13.2. The molecule has 1 aliphatic rings. The van der Waals surface area contributed by atoms with Crippen molar-refractivity contribution < 1.29 is 24.2 Å². The molecule has 4 rings (SSSR count). The average Bonchev–Trinajstić information content (AvgIpc) is 3.12. The van der Waals surface area contributed by atoms with Crippen molar-refractivity contribution in [2.75, 3.05) is 26.9 Å². The van der Waals surface area contributed by atoms with Crippen LogP contribution in [-0.4, -0.2) is 48.6 Å².